The highest BCUT2D eigenvalue weighted by Crippen LogP contribution is 2.24. The van der Waals surface area contributed by atoms with Crippen LogP contribution in [0, 0.1) is 0 Å². The fourth-order valence-electron chi connectivity index (χ4n) is 3.02. The molecule has 0 radical (unpaired) electrons. The number of phenolic OH excluding ortho intramolecular Hbond substituents is 1. The van der Waals surface area contributed by atoms with Gasteiger partial charge in [-0.25, -0.2) is 0 Å². The molecule has 0 fully saturated rings. The van der Waals surface area contributed by atoms with Crippen molar-refractivity contribution in [1.29, 1.82) is 0 Å². The minimum Gasteiger partial charge on any atom is -0.508 e. The van der Waals surface area contributed by atoms with Crippen molar-refractivity contribution in [3.63, 3.8) is 0 Å². The molecule has 1 aliphatic rings. The fourth-order valence-corrected chi connectivity index (χ4v) is 3.02. The molecule has 2 aromatic rings. The van der Waals surface area contributed by atoms with Crippen LogP contribution >= 0.6 is 0 Å². The summed E-state index contributed by atoms with van der Waals surface area (Å²) in [7, 11) is 1.75. The predicted octanol–water partition coefficient (Wildman–Crippen LogP) is 3.93. The van der Waals surface area contributed by atoms with Crippen LogP contribution in [0.25, 0.3) is 0 Å². The van der Waals surface area contributed by atoms with Crippen LogP contribution in [0.2, 0.25) is 0 Å². The van der Waals surface area contributed by atoms with Gasteiger partial charge >= 0.3 is 0 Å². The third kappa shape index (κ3) is 5.23. The van der Waals surface area contributed by atoms with Gasteiger partial charge in [0.05, 0.1) is 18.4 Å². The Morgan fingerprint density at radius 2 is 2.04 bits per heavy atom. The molecule has 0 bridgehead atoms. The highest BCUT2D eigenvalue weighted by molar-refractivity contribution is 6.01. The number of rotatable bonds is 9. The van der Waals surface area contributed by atoms with Gasteiger partial charge in [-0.2, -0.15) is 0 Å². The SMILES string of the molecule is COC(CCCOc1cc(O)cc(C2=NOCC2)c1)Cc1ccccc1. The molecule has 1 unspecified atom stereocenters. The van der Waals surface area contributed by atoms with E-state index in [0.717, 1.165) is 37.0 Å². The van der Waals surface area contributed by atoms with E-state index in [9.17, 15) is 5.11 Å². The number of oxime groups is 1. The lowest BCUT2D eigenvalue weighted by atomic mass is 10.0. The van der Waals surface area contributed by atoms with Crippen LogP contribution in [0.1, 0.15) is 30.4 Å². The van der Waals surface area contributed by atoms with Crippen LogP contribution in [0.15, 0.2) is 53.7 Å². The van der Waals surface area contributed by atoms with Crippen LogP contribution in [-0.2, 0) is 16.0 Å². The highest BCUT2D eigenvalue weighted by atomic mass is 16.6. The summed E-state index contributed by atoms with van der Waals surface area (Å²) in [6, 6.07) is 15.5. The fraction of sp³-hybridized carbons (Fsp3) is 0.381. The normalized spacial score (nSPS) is 14.6. The molecule has 138 valence electrons. The average Bonchev–Trinajstić information content (AvgIpc) is 3.19. The van der Waals surface area contributed by atoms with Crippen LogP contribution in [0.5, 0.6) is 11.5 Å². The minimum atomic E-state index is 0.172. The predicted molar refractivity (Wildman–Crippen MR) is 101 cm³/mol. The zero-order valence-electron chi connectivity index (χ0n) is 15.1. The number of ether oxygens (including phenoxy) is 2. The van der Waals surface area contributed by atoms with Crippen LogP contribution in [0.3, 0.4) is 0 Å². The van der Waals surface area contributed by atoms with Crippen molar-refractivity contribution in [3.05, 3.63) is 59.7 Å². The molecule has 1 N–H and O–H groups in total. The van der Waals surface area contributed by atoms with E-state index in [0.29, 0.717) is 19.0 Å². The van der Waals surface area contributed by atoms with E-state index in [-0.39, 0.29) is 11.9 Å². The van der Waals surface area contributed by atoms with Gasteiger partial charge < -0.3 is 19.4 Å². The molecule has 3 rings (SSSR count). The maximum absolute atomic E-state index is 9.91. The average molecular weight is 355 g/mol. The zero-order chi connectivity index (χ0) is 18.2. The van der Waals surface area contributed by atoms with Crippen molar-refractivity contribution in [3.8, 4) is 11.5 Å². The monoisotopic (exact) mass is 355 g/mol. The Morgan fingerprint density at radius 3 is 2.77 bits per heavy atom. The maximum atomic E-state index is 9.91. The summed E-state index contributed by atoms with van der Waals surface area (Å²) in [5.74, 6) is 0.817. The summed E-state index contributed by atoms with van der Waals surface area (Å²) in [6.07, 6.45) is 3.61. The van der Waals surface area contributed by atoms with Crippen molar-refractivity contribution >= 4 is 5.71 Å². The second kappa shape index (κ2) is 9.25. The molecule has 26 heavy (non-hydrogen) atoms. The molecule has 0 aromatic heterocycles. The molecule has 5 heteroatoms. The number of phenols is 1. The Bertz CT molecular complexity index is 730. The summed E-state index contributed by atoms with van der Waals surface area (Å²) < 4.78 is 11.4. The molecule has 2 aromatic carbocycles. The maximum Gasteiger partial charge on any atom is 0.123 e. The lowest BCUT2D eigenvalue weighted by Gasteiger charge is -2.16. The molecular weight excluding hydrogens is 330 g/mol. The van der Waals surface area contributed by atoms with E-state index in [2.05, 4.69) is 17.3 Å². The van der Waals surface area contributed by atoms with Crippen molar-refractivity contribution in [2.45, 2.75) is 31.8 Å². The molecule has 1 atom stereocenters. The van der Waals surface area contributed by atoms with E-state index in [1.165, 1.54) is 5.56 Å². The summed E-state index contributed by atoms with van der Waals surface area (Å²) >= 11 is 0. The van der Waals surface area contributed by atoms with Gasteiger partial charge in [0.1, 0.15) is 18.1 Å². The van der Waals surface area contributed by atoms with Crippen molar-refractivity contribution < 1.29 is 19.4 Å². The minimum absolute atomic E-state index is 0.172. The Morgan fingerprint density at radius 1 is 1.19 bits per heavy atom. The number of methoxy groups -OCH3 is 1. The quantitative estimate of drug-likeness (QED) is 0.692. The molecule has 0 saturated heterocycles. The van der Waals surface area contributed by atoms with Crippen molar-refractivity contribution in [2.75, 3.05) is 20.3 Å². The molecule has 1 heterocycles. The van der Waals surface area contributed by atoms with Gasteiger partial charge in [-0.1, -0.05) is 35.5 Å². The highest BCUT2D eigenvalue weighted by Gasteiger charge is 2.13. The van der Waals surface area contributed by atoms with Crippen molar-refractivity contribution in [2.24, 2.45) is 5.16 Å². The summed E-state index contributed by atoms with van der Waals surface area (Å²) in [6.45, 7) is 1.15. The van der Waals surface area contributed by atoms with Gasteiger partial charge in [0.25, 0.3) is 0 Å². The van der Waals surface area contributed by atoms with Gasteiger partial charge in [0, 0.05) is 25.2 Å². The second-order valence-electron chi connectivity index (χ2n) is 6.37. The molecule has 1 aliphatic heterocycles. The number of nitrogens with zero attached hydrogens (tertiary/aromatic N) is 1. The first-order chi connectivity index (χ1) is 12.7. The van der Waals surface area contributed by atoms with E-state index < -0.39 is 0 Å². The largest absolute Gasteiger partial charge is 0.508 e. The molecule has 5 nitrogen and oxygen atoms in total. The van der Waals surface area contributed by atoms with Gasteiger partial charge in [0.2, 0.25) is 0 Å². The molecule has 0 aliphatic carbocycles. The van der Waals surface area contributed by atoms with E-state index in [1.54, 1.807) is 19.2 Å². The number of hydrogen-bond donors (Lipinski definition) is 1. The van der Waals surface area contributed by atoms with Crippen molar-refractivity contribution in [1.82, 2.24) is 0 Å². The Balaban J connectivity index is 1.48. The van der Waals surface area contributed by atoms with Gasteiger partial charge in [-0.05, 0) is 37.0 Å². The molecule has 0 amide bonds. The van der Waals surface area contributed by atoms with Crippen LogP contribution in [-0.4, -0.2) is 37.2 Å². The Hall–Kier alpha value is -2.53. The van der Waals surface area contributed by atoms with E-state index >= 15 is 0 Å². The summed E-state index contributed by atoms with van der Waals surface area (Å²) in [5.41, 5.74) is 2.96. The first-order valence-electron chi connectivity index (χ1n) is 8.97. The summed E-state index contributed by atoms with van der Waals surface area (Å²) in [4.78, 5) is 5.03. The molecule has 0 saturated carbocycles. The first-order valence-corrected chi connectivity index (χ1v) is 8.97. The smallest absolute Gasteiger partial charge is 0.123 e. The van der Waals surface area contributed by atoms with Gasteiger partial charge in [0.15, 0.2) is 0 Å². The molecule has 0 spiro atoms. The lowest BCUT2D eigenvalue weighted by molar-refractivity contribution is 0.0894. The van der Waals surface area contributed by atoms with Gasteiger partial charge in [-0.15, -0.1) is 0 Å². The van der Waals surface area contributed by atoms with Crippen LogP contribution < -0.4 is 4.74 Å². The molecular formula is C21H25NO4. The number of aromatic hydroxyl groups is 1. The standard InChI is InChI=1S/C21H25NO4/c1-24-19(12-16-6-3-2-4-7-16)8-5-10-25-20-14-17(13-18(23)15-20)21-9-11-26-22-21/h2-4,6-7,13-15,19,23H,5,8-12H2,1H3. The van der Waals surface area contributed by atoms with E-state index in [1.807, 2.05) is 24.3 Å². The van der Waals surface area contributed by atoms with E-state index in [4.69, 9.17) is 14.3 Å². The lowest BCUT2D eigenvalue weighted by Crippen LogP contribution is -2.15. The third-order valence-electron chi connectivity index (χ3n) is 4.41. The Labute approximate surface area is 154 Å². The van der Waals surface area contributed by atoms with Gasteiger partial charge in [-0.3, -0.25) is 0 Å². The number of hydrogen-bond acceptors (Lipinski definition) is 5. The Kier molecular flexibility index (Phi) is 6.50. The first kappa shape index (κ1) is 18.3. The third-order valence-corrected chi connectivity index (χ3v) is 4.41. The van der Waals surface area contributed by atoms with Crippen LogP contribution in [0.4, 0.5) is 0 Å². The second-order valence-corrected chi connectivity index (χ2v) is 6.37. The topological polar surface area (TPSA) is 60.3 Å². The zero-order valence-corrected chi connectivity index (χ0v) is 15.1. The number of benzene rings is 2. The summed E-state index contributed by atoms with van der Waals surface area (Å²) in [5, 5.41) is 13.9.